The van der Waals surface area contributed by atoms with Gasteiger partial charge in [0.05, 0.1) is 0 Å². The van der Waals surface area contributed by atoms with E-state index in [2.05, 4.69) is 0 Å². The molecule has 3 aromatic rings. The molecule has 0 unspecified atom stereocenters. The third-order valence-corrected chi connectivity index (χ3v) is 6.13. The molecule has 0 fully saturated rings. The minimum absolute atomic E-state index is 0.0512. The minimum Gasteiger partial charge on any atom is -0.395 e. The fourth-order valence-electron chi connectivity index (χ4n) is 2.52. The molecule has 0 N–H and O–H groups in total. The van der Waals surface area contributed by atoms with E-state index in [1.165, 1.54) is 48.5 Å². The van der Waals surface area contributed by atoms with Crippen molar-refractivity contribution in [3.63, 3.8) is 0 Å². The summed E-state index contributed by atoms with van der Waals surface area (Å²) in [5, 5.41) is 0. The third kappa shape index (κ3) is 5.95. The standard InChI is InChI=1S/C21H16Cl2F3O4P/c22-20(23,21(24,25)26)19(16-10-4-1-5-11-16)30-31(27,28-17-12-6-2-7-13-17)29-18-14-8-3-9-15-18/h1-15,19H/t19-/m0/s1. The van der Waals surface area contributed by atoms with Crippen LogP contribution in [0.3, 0.4) is 0 Å². The maximum absolute atomic E-state index is 13.7. The van der Waals surface area contributed by atoms with Gasteiger partial charge in [0, 0.05) is 0 Å². The largest absolute Gasteiger partial charge is 0.588 e. The maximum Gasteiger partial charge on any atom is 0.588 e. The Balaban J connectivity index is 2.04. The molecule has 1 atom stereocenters. The first-order chi connectivity index (χ1) is 14.6. The molecule has 0 amide bonds. The van der Waals surface area contributed by atoms with Crippen molar-refractivity contribution in [2.24, 2.45) is 0 Å². The van der Waals surface area contributed by atoms with Gasteiger partial charge in [-0.1, -0.05) is 89.9 Å². The average molecular weight is 491 g/mol. The first-order valence-corrected chi connectivity index (χ1v) is 11.1. The summed E-state index contributed by atoms with van der Waals surface area (Å²) < 4.78 is 67.3. The zero-order chi connectivity index (χ0) is 22.5. The van der Waals surface area contributed by atoms with Crippen LogP contribution in [0.5, 0.6) is 11.5 Å². The number of benzene rings is 3. The van der Waals surface area contributed by atoms with Crippen LogP contribution in [0.15, 0.2) is 91.0 Å². The first kappa shape index (κ1) is 23.5. The second-order valence-electron chi connectivity index (χ2n) is 6.27. The Kier molecular flexibility index (Phi) is 7.22. The van der Waals surface area contributed by atoms with Gasteiger partial charge in [0.25, 0.3) is 0 Å². The molecular formula is C21H16Cl2F3O4P. The van der Waals surface area contributed by atoms with Crippen molar-refractivity contribution in [1.29, 1.82) is 0 Å². The summed E-state index contributed by atoms with van der Waals surface area (Å²) in [4.78, 5) is 0. The van der Waals surface area contributed by atoms with E-state index in [9.17, 15) is 17.7 Å². The number of phosphoric acid groups is 1. The lowest BCUT2D eigenvalue weighted by Crippen LogP contribution is -2.41. The highest BCUT2D eigenvalue weighted by Crippen LogP contribution is 2.59. The van der Waals surface area contributed by atoms with Crippen LogP contribution >= 0.6 is 31.0 Å². The van der Waals surface area contributed by atoms with E-state index in [0.717, 1.165) is 0 Å². The Morgan fingerprint density at radius 2 is 1.10 bits per heavy atom. The highest BCUT2D eigenvalue weighted by molar-refractivity contribution is 7.49. The topological polar surface area (TPSA) is 44.8 Å². The molecule has 3 aromatic carbocycles. The fourth-order valence-corrected chi connectivity index (χ4v) is 4.41. The zero-order valence-electron chi connectivity index (χ0n) is 15.7. The third-order valence-electron chi connectivity index (χ3n) is 3.96. The molecule has 164 valence electrons. The van der Waals surface area contributed by atoms with Gasteiger partial charge in [-0.2, -0.15) is 13.2 Å². The van der Waals surface area contributed by atoms with Gasteiger partial charge in [0.15, 0.2) is 0 Å². The van der Waals surface area contributed by atoms with E-state index < -0.39 is 24.4 Å². The number of rotatable bonds is 8. The Labute approximate surface area is 187 Å². The van der Waals surface area contributed by atoms with Crippen LogP contribution in [-0.4, -0.2) is 10.5 Å². The summed E-state index contributed by atoms with van der Waals surface area (Å²) in [6, 6.07) is 22.6. The Morgan fingerprint density at radius 1 is 0.710 bits per heavy atom. The lowest BCUT2D eigenvalue weighted by Gasteiger charge is -2.33. The van der Waals surface area contributed by atoms with E-state index in [0.29, 0.717) is 0 Å². The van der Waals surface area contributed by atoms with E-state index in [4.69, 9.17) is 36.8 Å². The lowest BCUT2D eigenvalue weighted by molar-refractivity contribution is -0.160. The molecule has 10 heteroatoms. The number of hydrogen-bond acceptors (Lipinski definition) is 4. The van der Waals surface area contributed by atoms with Crippen LogP contribution in [-0.2, 0) is 9.09 Å². The van der Waals surface area contributed by atoms with Gasteiger partial charge in [-0.05, 0) is 29.8 Å². The number of alkyl halides is 5. The van der Waals surface area contributed by atoms with Gasteiger partial charge in [-0.25, -0.2) is 4.57 Å². The van der Waals surface area contributed by atoms with Crippen LogP contribution in [0.25, 0.3) is 0 Å². The summed E-state index contributed by atoms with van der Waals surface area (Å²) in [6.45, 7) is 0. The Hall–Kier alpha value is -2.18. The molecule has 0 aromatic heterocycles. The lowest BCUT2D eigenvalue weighted by atomic mass is 10.1. The number of hydrogen-bond donors (Lipinski definition) is 0. The smallest absolute Gasteiger partial charge is 0.395 e. The van der Waals surface area contributed by atoms with Gasteiger partial charge in [0.2, 0.25) is 4.33 Å². The monoisotopic (exact) mass is 490 g/mol. The predicted octanol–water partition coefficient (Wildman–Crippen LogP) is 7.75. The SMILES string of the molecule is O=P(Oc1ccccc1)(Oc1ccccc1)O[C@@H](c1ccccc1)C(Cl)(Cl)C(F)(F)F. The van der Waals surface area contributed by atoms with Gasteiger partial charge in [-0.15, -0.1) is 0 Å². The second-order valence-corrected chi connectivity index (χ2v) is 9.13. The molecule has 0 aliphatic heterocycles. The molecule has 0 saturated carbocycles. The predicted molar refractivity (Wildman–Crippen MR) is 113 cm³/mol. The number of para-hydroxylation sites is 2. The van der Waals surface area contributed by atoms with Crippen LogP contribution in [0.1, 0.15) is 11.7 Å². The first-order valence-electron chi connectivity index (χ1n) is 8.88. The quantitative estimate of drug-likeness (QED) is 0.239. The van der Waals surface area contributed by atoms with Crippen LogP contribution in [0.2, 0.25) is 0 Å². The number of phosphoric ester groups is 1. The molecule has 0 aliphatic carbocycles. The second kappa shape index (κ2) is 9.53. The van der Waals surface area contributed by atoms with Crippen molar-refractivity contribution < 1.29 is 31.3 Å². The summed E-state index contributed by atoms with van der Waals surface area (Å²) >= 11 is 11.4. The minimum atomic E-state index is -5.12. The molecule has 0 heterocycles. The summed E-state index contributed by atoms with van der Waals surface area (Å²) in [7, 11) is -4.72. The highest BCUT2D eigenvalue weighted by atomic mass is 35.5. The fraction of sp³-hybridized carbons (Fsp3) is 0.143. The molecule has 3 rings (SSSR count). The number of halogens is 5. The molecule has 0 bridgehead atoms. The van der Waals surface area contributed by atoms with Gasteiger partial charge in [0.1, 0.15) is 17.6 Å². The van der Waals surface area contributed by atoms with Gasteiger partial charge < -0.3 is 9.05 Å². The van der Waals surface area contributed by atoms with Crippen molar-refractivity contribution in [2.45, 2.75) is 16.6 Å². The molecule has 0 saturated heterocycles. The molecule has 4 nitrogen and oxygen atoms in total. The Bertz CT molecular complexity index is 974. The van der Waals surface area contributed by atoms with E-state index in [-0.39, 0.29) is 17.1 Å². The van der Waals surface area contributed by atoms with Crippen LogP contribution < -0.4 is 9.05 Å². The van der Waals surface area contributed by atoms with Crippen molar-refractivity contribution in [3.05, 3.63) is 96.6 Å². The molecule has 0 spiro atoms. The summed E-state index contributed by atoms with van der Waals surface area (Å²) in [5.41, 5.74) is -0.0710. The van der Waals surface area contributed by atoms with Crippen LogP contribution in [0.4, 0.5) is 13.2 Å². The van der Waals surface area contributed by atoms with Crippen LogP contribution in [0, 0.1) is 0 Å². The zero-order valence-corrected chi connectivity index (χ0v) is 18.1. The highest BCUT2D eigenvalue weighted by Gasteiger charge is 2.61. The van der Waals surface area contributed by atoms with Crippen molar-refractivity contribution in [1.82, 2.24) is 0 Å². The van der Waals surface area contributed by atoms with E-state index in [1.54, 1.807) is 42.5 Å². The summed E-state index contributed by atoms with van der Waals surface area (Å²) in [5.74, 6) is 0.102. The van der Waals surface area contributed by atoms with E-state index in [1.807, 2.05) is 0 Å². The van der Waals surface area contributed by atoms with Crippen molar-refractivity contribution >= 4 is 31.0 Å². The van der Waals surface area contributed by atoms with Gasteiger partial charge in [-0.3, -0.25) is 4.52 Å². The normalized spacial score (nSPS) is 13.5. The van der Waals surface area contributed by atoms with E-state index >= 15 is 0 Å². The molecule has 31 heavy (non-hydrogen) atoms. The summed E-state index contributed by atoms with van der Waals surface area (Å²) in [6.07, 6.45) is -7.25. The van der Waals surface area contributed by atoms with Gasteiger partial charge >= 0.3 is 14.0 Å². The van der Waals surface area contributed by atoms with Crippen molar-refractivity contribution in [2.75, 3.05) is 0 Å². The molecular weight excluding hydrogens is 475 g/mol. The Morgan fingerprint density at radius 3 is 1.48 bits per heavy atom. The maximum atomic E-state index is 13.7. The average Bonchev–Trinajstić information content (AvgIpc) is 2.73. The molecule has 0 radical (unpaired) electrons. The van der Waals surface area contributed by atoms with Crippen molar-refractivity contribution in [3.8, 4) is 11.5 Å². The molecule has 0 aliphatic rings.